The fourth-order valence-electron chi connectivity index (χ4n) is 2.68. The van der Waals surface area contributed by atoms with Crippen LogP contribution >= 0.6 is 0 Å². The molecule has 2 aromatic rings. The number of hydrogen-bond acceptors (Lipinski definition) is 4. The van der Waals surface area contributed by atoms with Gasteiger partial charge in [0, 0.05) is 30.7 Å². The molecule has 0 radical (unpaired) electrons. The summed E-state index contributed by atoms with van der Waals surface area (Å²) in [5, 5.41) is 5.17. The van der Waals surface area contributed by atoms with Gasteiger partial charge in [0.2, 0.25) is 0 Å². The molecule has 1 aliphatic rings. The monoisotopic (exact) mass is 314 g/mol. The van der Waals surface area contributed by atoms with Gasteiger partial charge < -0.3 is 4.74 Å². The van der Waals surface area contributed by atoms with Crippen molar-refractivity contribution in [1.29, 1.82) is 0 Å². The van der Waals surface area contributed by atoms with Crippen LogP contribution in [0.15, 0.2) is 24.5 Å². The first kappa shape index (κ1) is 15.5. The van der Waals surface area contributed by atoms with Crippen molar-refractivity contribution in [3.8, 4) is 0 Å². The third-order valence-electron chi connectivity index (χ3n) is 3.70. The molecule has 0 N–H and O–H groups in total. The van der Waals surface area contributed by atoms with Crippen molar-refractivity contribution < 1.29 is 9.53 Å². The minimum Gasteiger partial charge on any atom is -0.443 e. The van der Waals surface area contributed by atoms with Gasteiger partial charge in [-0.2, -0.15) is 5.10 Å². The summed E-state index contributed by atoms with van der Waals surface area (Å²) < 4.78 is 7.27. The molecule has 23 heavy (non-hydrogen) atoms. The first-order valence-electron chi connectivity index (χ1n) is 7.84. The molecule has 0 atom stereocenters. The lowest BCUT2D eigenvalue weighted by Crippen LogP contribution is -2.37. The molecule has 0 fully saturated rings. The maximum atomic E-state index is 12.5. The van der Waals surface area contributed by atoms with Crippen LogP contribution in [0.25, 0.3) is 16.7 Å². The van der Waals surface area contributed by atoms with E-state index in [4.69, 9.17) is 4.74 Å². The van der Waals surface area contributed by atoms with Gasteiger partial charge in [-0.15, -0.1) is 0 Å². The molecule has 0 saturated carbocycles. The zero-order chi connectivity index (χ0) is 16.6. The molecule has 1 amide bonds. The van der Waals surface area contributed by atoms with Gasteiger partial charge in [-0.3, -0.25) is 9.58 Å². The smallest absolute Gasteiger partial charge is 0.414 e. The van der Waals surface area contributed by atoms with E-state index in [1.54, 1.807) is 22.0 Å². The molecule has 0 aliphatic carbocycles. The number of aromatic nitrogens is 3. The molecule has 6 heteroatoms. The van der Waals surface area contributed by atoms with Crippen molar-refractivity contribution in [2.75, 3.05) is 6.54 Å². The van der Waals surface area contributed by atoms with E-state index in [0.717, 1.165) is 35.1 Å². The van der Waals surface area contributed by atoms with Crippen LogP contribution in [0, 0.1) is 0 Å². The Morgan fingerprint density at radius 1 is 1.30 bits per heavy atom. The number of rotatable bonds is 1. The second-order valence-corrected chi connectivity index (χ2v) is 6.77. The second-order valence-electron chi connectivity index (χ2n) is 6.77. The van der Waals surface area contributed by atoms with E-state index >= 15 is 0 Å². The van der Waals surface area contributed by atoms with Gasteiger partial charge in [-0.25, -0.2) is 9.78 Å². The Hall–Kier alpha value is -2.37. The molecule has 3 rings (SSSR count). The van der Waals surface area contributed by atoms with E-state index in [-0.39, 0.29) is 6.09 Å². The summed E-state index contributed by atoms with van der Waals surface area (Å²) in [6, 6.07) is 2.02. The largest absolute Gasteiger partial charge is 0.443 e. The Labute approximate surface area is 135 Å². The Morgan fingerprint density at radius 2 is 2.09 bits per heavy atom. The minimum atomic E-state index is -0.509. The highest BCUT2D eigenvalue weighted by Gasteiger charge is 2.27. The summed E-state index contributed by atoms with van der Waals surface area (Å²) in [6.45, 7) is 6.29. The molecule has 0 saturated heterocycles. The fraction of sp³-hybridized carbons (Fsp3) is 0.471. The Balaban J connectivity index is 1.94. The number of aryl methyl sites for hydroxylation is 1. The number of hydrogen-bond donors (Lipinski definition) is 0. The lowest BCUT2D eigenvalue weighted by atomic mass is 10.1. The molecule has 2 aromatic heterocycles. The van der Waals surface area contributed by atoms with Crippen LogP contribution in [0.3, 0.4) is 0 Å². The normalized spacial score (nSPS) is 15.7. The SMILES string of the molecule is Cn1ncc2cc(C3=CCCCN3C(=O)OC(C)(C)C)cnc21. The third kappa shape index (κ3) is 3.21. The van der Waals surface area contributed by atoms with Crippen LogP contribution in [-0.2, 0) is 11.8 Å². The van der Waals surface area contributed by atoms with Gasteiger partial charge in [-0.05, 0) is 39.7 Å². The van der Waals surface area contributed by atoms with E-state index < -0.39 is 5.60 Å². The van der Waals surface area contributed by atoms with Gasteiger partial charge in [-0.1, -0.05) is 6.08 Å². The van der Waals surface area contributed by atoms with Gasteiger partial charge in [0.05, 0.1) is 11.9 Å². The Bertz CT molecular complexity index is 770. The van der Waals surface area contributed by atoms with E-state index in [1.165, 1.54) is 0 Å². The van der Waals surface area contributed by atoms with Crippen molar-refractivity contribution in [3.05, 3.63) is 30.1 Å². The number of nitrogens with zero attached hydrogens (tertiary/aromatic N) is 4. The van der Waals surface area contributed by atoms with Gasteiger partial charge in [0.1, 0.15) is 5.60 Å². The predicted molar refractivity (Wildman–Crippen MR) is 88.7 cm³/mol. The topological polar surface area (TPSA) is 60.2 Å². The first-order chi connectivity index (χ1) is 10.8. The molecule has 0 spiro atoms. The van der Waals surface area contributed by atoms with Crippen LogP contribution in [-0.4, -0.2) is 37.9 Å². The highest BCUT2D eigenvalue weighted by Crippen LogP contribution is 2.28. The highest BCUT2D eigenvalue weighted by molar-refractivity contribution is 5.86. The number of ether oxygens (including phenoxy) is 1. The molecular weight excluding hydrogens is 292 g/mol. The summed E-state index contributed by atoms with van der Waals surface area (Å²) >= 11 is 0. The lowest BCUT2D eigenvalue weighted by molar-refractivity contribution is 0.0347. The summed E-state index contributed by atoms with van der Waals surface area (Å²) in [4.78, 5) is 18.7. The third-order valence-corrected chi connectivity index (χ3v) is 3.70. The summed E-state index contributed by atoms with van der Waals surface area (Å²) in [5.74, 6) is 0. The molecule has 0 bridgehead atoms. The van der Waals surface area contributed by atoms with Crippen molar-refractivity contribution in [2.24, 2.45) is 7.05 Å². The zero-order valence-electron chi connectivity index (χ0n) is 14.0. The first-order valence-corrected chi connectivity index (χ1v) is 7.84. The maximum Gasteiger partial charge on any atom is 0.414 e. The van der Waals surface area contributed by atoms with Gasteiger partial charge in [0.25, 0.3) is 0 Å². The number of pyridine rings is 1. The number of allylic oxidation sites excluding steroid dienone is 1. The van der Waals surface area contributed by atoms with Crippen LogP contribution in [0.2, 0.25) is 0 Å². The van der Waals surface area contributed by atoms with Crippen molar-refractivity contribution in [2.45, 2.75) is 39.2 Å². The van der Waals surface area contributed by atoms with Crippen LogP contribution in [0.4, 0.5) is 4.79 Å². The predicted octanol–water partition coefficient (Wildman–Crippen LogP) is 3.34. The molecular formula is C17H22N4O2. The van der Waals surface area contributed by atoms with Crippen molar-refractivity contribution >= 4 is 22.8 Å². The van der Waals surface area contributed by atoms with Crippen molar-refractivity contribution in [1.82, 2.24) is 19.7 Å². The average Bonchev–Trinajstić information content (AvgIpc) is 2.86. The van der Waals surface area contributed by atoms with Crippen LogP contribution < -0.4 is 0 Å². The van der Waals surface area contributed by atoms with Gasteiger partial charge >= 0.3 is 6.09 Å². The average molecular weight is 314 g/mol. The van der Waals surface area contributed by atoms with E-state index in [9.17, 15) is 4.79 Å². The summed E-state index contributed by atoms with van der Waals surface area (Å²) in [7, 11) is 1.86. The van der Waals surface area contributed by atoms with Crippen LogP contribution in [0.1, 0.15) is 39.2 Å². The number of amides is 1. The quantitative estimate of drug-likeness (QED) is 0.810. The van der Waals surface area contributed by atoms with Crippen LogP contribution in [0.5, 0.6) is 0 Å². The Morgan fingerprint density at radius 3 is 2.83 bits per heavy atom. The summed E-state index contributed by atoms with van der Waals surface area (Å²) in [5.41, 5.74) is 2.10. The highest BCUT2D eigenvalue weighted by atomic mass is 16.6. The fourth-order valence-corrected chi connectivity index (χ4v) is 2.68. The minimum absolute atomic E-state index is 0.310. The van der Waals surface area contributed by atoms with E-state index in [0.29, 0.717) is 6.54 Å². The number of carbonyl (C=O) groups excluding carboxylic acids is 1. The van der Waals surface area contributed by atoms with Gasteiger partial charge in [0.15, 0.2) is 5.65 Å². The molecule has 0 unspecified atom stereocenters. The lowest BCUT2D eigenvalue weighted by Gasteiger charge is -2.31. The van der Waals surface area contributed by atoms with E-state index in [1.807, 2.05) is 33.9 Å². The molecule has 3 heterocycles. The van der Waals surface area contributed by atoms with E-state index in [2.05, 4.69) is 16.2 Å². The molecule has 1 aliphatic heterocycles. The molecule has 122 valence electrons. The molecule has 0 aromatic carbocycles. The number of carbonyl (C=O) groups is 1. The second kappa shape index (κ2) is 5.68. The maximum absolute atomic E-state index is 12.5. The Kier molecular flexibility index (Phi) is 3.83. The number of fused-ring (bicyclic) bond motifs is 1. The molecule has 6 nitrogen and oxygen atoms in total. The summed E-state index contributed by atoms with van der Waals surface area (Å²) in [6.07, 6.45) is 7.22. The van der Waals surface area contributed by atoms with Crippen molar-refractivity contribution in [3.63, 3.8) is 0 Å². The zero-order valence-corrected chi connectivity index (χ0v) is 14.0. The standard InChI is InChI=1S/C17H22N4O2/c1-17(2,3)23-16(22)21-8-6-5-7-14(21)12-9-13-11-19-20(4)15(13)18-10-12/h7,9-11H,5-6,8H2,1-4H3.